The fourth-order valence-corrected chi connectivity index (χ4v) is 3.91. The standard InChI is InChI=1S/C22H18FN5O2/c23-15-8-4-9-16(12-15)24-19(29)13-27-18-11-5-10-17(18)21(30)28-22(27)25-20(26-28)14-6-2-1-3-7-14/h1-4,6-9,12H,5,10-11,13H2,(H,24,29). The molecule has 0 atom stereocenters. The minimum Gasteiger partial charge on any atom is -0.324 e. The van der Waals surface area contributed by atoms with Gasteiger partial charge in [0, 0.05) is 22.5 Å². The third kappa shape index (κ3) is 3.16. The van der Waals surface area contributed by atoms with Gasteiger partial charge in [-0.2, -0.15) is 9.50 Å². The number of benzene rings is 2. The molecular formula is C22H18FN5O2. The number of aromatic nitrogens is 4. The van der Waals surface area contributed by atoms with Crippen LogP contribution in [-0.4, -0.2) is 25.1 Å². The van der Waals surface area contributed by atoms with E-state index in [0.29, 0.717) is 35.7 Å². The van der Waals surface area contributed by atoms with E-state index in [1.807, 2.05) is 30.3 Å². The van der Waals surface area contributed by atoms with Gasteiger partial charge in [0.1, 0.15) is 12.4 Å². The number of carbonyl (C=O) groups excluding carboxylic acids is 1. The Labute approximate surface area is 170 Å². The van der Waals surface area contributed by atoms with Crippen LogP contribution in [0.1, 0.15) is 17.7 Å². The maximum Gasteiger partial charge on any atom is 0.279 e. The molecule has 0 aliphatic heterocycles. The summed E-state index contributed by atoms with van der Waals surface area (Å²) in [6, 6.07) is 15.1. The topological polar surface area (TPSA) is 81.3 Å². The Morgan fingerprint density at radius 1 is 1.10 bits per heavy atom. The van der Waals surface area contributed by atoms with Gasteiger partial charge in [0.25, 0.3) is 5.56 Å². The second-order valence-electron chi connectivity index (χ2n) is 7.24. The number of fused-ring (bicyclic) bond motifs is 2. The Morgan fingerprint density at radius 3 is 2.73 bits per heavy atom. The third-order valence-corrected chi connectivity index (χ3v) is 5.24. The highest BCUT2D eigenvalue weighted by molar-refractivity contribution is 5.90. The predicted molar refractivity (Wildman–Crippen MR) is 110 cm³/mol. The highest BCUT2D eigenvalue weighted by atomic mass is 19.1. The van der Waals surface area contributed by atoms with Crippen LogP contribution in [0.2, 0.25) is 0 Å². The molecule has 150 valence electrons. The minimum absolute atomic E-state index is 0.0461. The summed E-state index contributed by atoms with van der Waals surface area (Å²) in [7, 11) is 0. The summed E-state index contributed by atoms with van der Waals surface area (Å²) < 4.78 is 16.5. The predicted octanol–water partition coefficient (Wildman–Crippen LogP) is 2.82. The molecule has 2 aromatic heterocycles. The highest BCUT2D eigenvalue weighted by Crippen LogP contribution is 2.22. The van der Waals surface area contributed by atoms with Gasteiger partial charge in [-0.3, -0.25) is 9.59 Å². The Hall–Kier alpha value is -3.81. The first-order valence-electron chi connectivity index (χ1n) is 9.72. The van der Waals surface area contributed by atoms with Crippen LogP contribution < -0.4 is 10.9 Å². The molecule has 4 aromatic rings. The SMILES string of the molecule is O=C(Cn1c2c(c(=O)n3nc(-c4ccccc4)nc13)CCC2)Nc1cccc(F)c1. The molecule has 0 saturated carbocycles. The lowest BCUT2D eigenvalue weighted by Crippen LogP contribution is -2.28. The highest BCUT2D eigenvalue weighted by Gasteiger charge is 2.25. The molecule has 8 heteroatoms. The van der Waals surface area contributed by atoms with Crippen LogP contribution in [0.25, 0.3) is 17.2 Å². The fourth-order valence-electron chi connectivity index (χ4n) is 3.91. The molecular weight excluding hydrogens is 385 g/mol. The summed E-state index contributed by atoms with van der Waals surface area (Å²) in [6.07, 6.45) is 2.19. The van der Waals surface area contributed by atoms with Gasteiger partial charge in [-0.25, -0.2) is 4.39 Å². The van der Waals surface area contributed by atoms with Crippen LogP contribution in [0.4, 0.5) is 10.1 Å². The summed E-state index contributed by atoms with van der Waals surface area (Å²) in [4.78, 5) is 30.2. The molecule has 0 spiro atoms. The molecule has 1 aliphatic rings. The Morgan fingerprint density at radius 2 is 1.93 bits per heavy atom. The Balaban J connectivity index is 1.58. The van der Waals surface area contributed by atoms with Crippen molar-refractivity contribution in [2.24, 2.45) is 0 Å². The number of halogens is 1. The molecule has 0 radical (unpaired) electrons. The van der Waals surface area contributed by atoms with Gasteiger partial charge >= 0.3 is 0 Å². The first-order chi connectivity index (χ1) is 14.6. The number of hydrogen-bond acceptors (Lipinski definition) is 4. The van der Waals surface area contributed by atoms with Crippen molar-refractivity contribution in [3.05, 3.63) is 82.0 Å². The summed E-state index contributed by atoms with van der Waals surface area (Å²) in [5, 5.41) is 7.12. The van der Waals surface area contributed by atoms with Crippen molar-refractivity contribution in [1.82, 2.24) is 19.2 Å². The van der Waals surface area contributed by atoms with Gasteiger partial charge in [-0.1, -0.05) is 36.4 Å². The number of carbonyl (C=O) groups is 1. The number of hydrogen-bond donors (Lipinski definition) is 1. The zero-order valence-corrected chi connectivity index (χ0v) is 16.0. The smallest absolute Gasteiger partial charge is 0.279 e. The third-order valence-electron chi connectivity index (χ3n) is 5.24. The molecule has 5 rings (SSSR count). The average Bonchev–Trinajstić information content (AvgIpc) is 3.40. The van der Waals surface area contributed by atoms with Crippen LogP contribution in [0, 0.1) is 5.82 Å². The molecule has 1 aliphatic carbocycles. The number of rotatable bonds is 4. The number of nitrogens with one attached hydrogen (secondary N) is 1. The van der Waals surface area contributed by atoms with Crippen molar-refractivity contribution < 1.29 is 9.18 Å². The number of nitrogens with zero attached hydrogens (tertiary/aromatic N) is 4. The first kappa shape index (κ1) is 18.2. The largest absolute Gasteiger partial charge is 0.324 e. The fraction of sp³-hybridized carbons (Fsp3) is 0.182. The van der Waals surface area contributed by atoms with Gasteiger partial charge in [-0.15, -0.1) is 5.10 Å². The van der Waals surface area contributed by atoms with E-state index in [1.54, 1.807) is 10.6 Å². The summed E-state index contributed by atoms with van der Waals surface area (Å²) in [6.45, 7) is -0.0461. The van der Waals surface area contributed by atoms with Crippen molar-refractivity contribution in [3.63, 3.8) is 0 Å². The first-order valence-corrected chi connectivity index (χ1v) is 9.72. The molecule has 1 amide bonds. The maximum atomic E-state index is 13.4. The second kappa shape index (κ2) is 7.22. The van der Waals surface area contributed by atoms with E-state index in [9.17, 15) is 14.0 Å². The van der Waals surface area contributed by atoms with Crippen molar-refractivity contribution in [2.45, 2.75) is 25.8 Å². The van der Waals surface area contributed by atoms with Crippen molar-refractivity contribution in [3.8, 4) is 11.4 Å². The van der Waals surface area contributed by atoms with E-state index in [2.05, 4.69) is 15.4 Å². The quantitative estimate of drug-likeness (QED) is 0.568. The van der Waals surface area contributed by atoms with Crippen molar-refractivity contribution in [1.29, 1.82) is 0 Å². The minimum atomic E-state index is -0.426. The zero-order chi connectivity index (χ0) is 20.7. The normalized spacial score (nSPS) is 12.8. The second-order valence-corrected chi connectivity index (χ2v) is 7.24. The summed E-state index contributed by atoms with van der Waals surface area (Å²) >= 11 is 0. The molecule has 7 nitrogen and oxygen atoms in total. The van der Waals surface area contributed by atoms with Gasteiger partial charge in [0.15, 0.2) is 5.82 Å². The summed E-state index contributed by atoms with van der Waals surface area (Å²) in [5.41, 5.74) is 2.46. The van der Waals surface area contributed by atoms with Crippen molar-refractivity contribution >= 4 is 17.4 Å². The van der Waals surface area contributed by atoms with E-state index in [-0.39, 0.29) is 18.0 Å². The van der Waals surface area contributed by atoms with Crippen LogP contribution in [0.5, 0.6) is 0 Å². The zero-order valence-electron chi connectivity index (χ0n) is 16.0. The molecule has 30 heavy (non-hydrogen) atoms. The van der Waals surface area contributed by atoms with Gasteiger partial charge in [-0.05, 0) is 37.5 Å². The molecule has 0 fully saturated rings. The van der Waals surface area contributed by atoms with Crippen LogP contribution in [0.3, 0.4) is 0 Å². The van der Waals surface area contributed by atoms with Crippen molar-refractivity contribution in [2.75, 3.05) is 5.32 Å². The van der Waals surface area contributed by atoms with E-state index >= 15 is 0 Å². The lowest BCUT2D eigenvalue weighted by molar-refractivity contribution is -0.116. The molecule has 2 heterocycles. The maximum absolute atomic E-state index is 13.4. The monoisotopic (exact) mass is 403 g/mol. The van der Waals surface area contributed by atoms with Gasteiger partial charge in [0.05, 0.1) is 0 Å². The number of amides is 1. The average molecular weight is 403 g/mol. The number of anilines is 1. The van der Waals surface area contributed by atoms with Gasteiger partial charge < -0.3 is 9.88 Å². The Kier molecular flexibility index (Phi) is 4.39. The Bertz CT molecular complexity index is 1330. The van der Waals surface area contributed by atoms with Gasteiger partial charge in [0.2, 0.25) is 11.7 Å². The van der Waals surface area contributed by atoms with Crippen LogP contribution in [-0.2, 0) is 24.2 Å². The van der Waals surface area contributed by atoms with Crippen LogP contribution >= 0.6 is 0 Å². The lowest BCUT2D eigenvalue weighted by atomic mass is 10.2. The molecule has 2 aromatic carbocycles. The lowest BCUT2D eigenvalue weighted by Gasteiger charge is -2.13. The summed E-state index contributed by atoms with van der Waals surface area (Å²) in [5.74, 6) is -0.00142. The molecule has 1 N–H and O–H groups in total. The van der Waals surface area contributed by atoms with E-state index in [4.69, 9.17) is 0 Å². The van der Waals surface area contributed by atoms with E-state index in [0.717, 1.165) is 17.7 Å². The molecule has 0 unspecified atom stereocenters. The molecule has 0 saturated heterocycles. The van der Waals surface area contributed by atoms with Crippen LogP contribution in [0.15, 0.2) is 59.4 Å². The van der Waals surface area contributed by atoms with E-state index in [1.165, 1.54) is 22.7 Å². The molecule has 0 bridgehead atoms. The van der Waals surface area contributed by atoms with E-state index < -0.39 is 5.82 Å².